The maximum Gasteiger partial charge on any atom is 0.229 e. The third-order valence-electron chi connectivity index (χ3n) is 4.92. The molecule has 1 saturated carbocycles. The highest BCUT2D eigenvalue weighted by atomic mass is 79.9. The minimum absolute atomic E-state index is 0.0173. The van der Waals surface area contributed by atoms with Crippen LogP contribution in [0.5, 0.6) is 0 Å². The van der Waals surface area contributed by atoms with Gasteiger partial charge in [0.2, 0.25) is 5.95 Å². The lowest BCUT2D eigenvalue weighted by Crippen LogP contribution is -2.32. The Kier molecular flexibility index (Phi) is 6.45. The summed E-state index contributed by atoms with van der Waals surface area (Å²) in [4.78, 5) is 8.88. The van der Waals surface area contributed by atoms with E-state index in [1.54, 1.807) is 18.3 Å². The Bertz CT molecular complexity index is 949. The Morgan fingerprint density at radius 2 is 2.07 bits per heavy atom. The van der Waals surface area contributed by atoms with Crippen molar-refractivity contribution in [1.29, 1.82) is 10.5 Å². The van der Waals surface area contributed by atoms with E-state index in [0.717, 1.165) is 31.2 Å². The first-order chi connectivity index (χ1) is 13.5. The number of nitrogens with zero attached hydrogens (tertiary/aromatic N) is 4. The predicted molar refractivity (Wildman–Crippen MR) is 110 cm³/mol. The zero-order valence-electron chi connectivity index (χ0n) is 15.5. The zero-order chi connectivity index (χ0) is 20.1. The molecule has 7 nitrogen and oxygen atoms in total. The van der Waals surface area contributed by atoms with E-state index in [1.165, 1.54) is 0 Å². The number of nitrogens with one attached hydrogen (secondary N) is 2. The summed E-state index contributed by atoms with van der Waals surface area (Å²) in [5.41, 5.74) is 2.54. The van der Waals surface area contributed by atoms with E-state index in [4.69, 9.17) is 0 Å². The normalized spacial score (nSPS) is 18.8. The summed E-state index contributed by atoms with van der Waals surface area (Å²) in [5, 5.41) is 34.7. The molecule has 0 radical (unpaired) electrons. The van der Waals surface area contributed by atoms with Crippen LogP contribution >= 0.6 is 15.9 Å². The van der Waals surface area contributed by atoms with Crippen LogP contribution in [0.1, 0.15) is 42.4 Å². The van der Waals surface area contributed by atoms with Gasteiger partial charge in [0.25, 0.3) is 0 Å². The van der Waals surface area contributed by atoms with Crippen molar-refractivity contribution >= 4 is 33.4 Å². The summed E-state index contributed by atoms with van der Waals surface area (Å²) in [6.07, 6.45) is 5.76. The Labute approximate surface area is 172 Å². The molecule has 1 aliphatic rings. The first-order valence-electron chi connectivity index (χ1n) is 9.16. The Morgan fingerprint density at radius 1 is 1.29 bits per heavy atom. The van der Waals surface area contributed by atoms with E-state index in [-0.39, 0.29) is 18.6 Å². The highest BCUT2D eigenvalue weighted by Gasteiger charge is 2.25. The fraction of sp³-hybridized carbons (Fsp3) is 0.400. The maximum atomic E-state index is 9.51. The molecule has 8 heteroatoms. The van der Waals surface area contributed by atoms with Crippen LogP contribution in [0.4, 0.5) is 17.5 Å². The van der Waals surface area contributed by atoms with Crippen LogP contribution < -0.4 is 10.6 Å². The topological polar surface area (TPSA) is 118 Å². The number of hydrogen-bond acceptors (Lipinski definition) is 7. The standard InChI is InChI=1S/C20H21BrN6O/c1-12-10-24-20(25-16-6-14(9-23)18(21)15(7-16)11-28)27-19(12)26-17-5-3-2-4-13(17)8-22/h6-7,10,13,17,28H,2-5,11H2,1H3,(H2,24,25,26,27)/t13-,17+/m0/s1. The quantitative estimate of drug-likeness (QED) is 0.638. The first-order valence-corrected chi connectivity index (χ1v) is 9.95. The number of benzene rings is 1. The highest BCUT2D eigenvalue weighted by Crippen LogP contribution is 2.29. The molecule has 0 spiro atoms. The summed E-state index contributed by atoms with van der Waals surface area (Å²) in [7, 11) is 0. The molecular formula is C20H21BrN6O. The van der Waals surface area contributed by atoms with Gasteiger partial charge in [-0.3, -0.25) is 0 Å². The second-order valence-corrected chi connectivity index (χ2v) is 7.68. The number of anilines is 3. The van der Waals surface area contributed by atoms with Gasteiger partial charge in [-0.1, -0.05) is 12.8 Å². The molecule has 0 bridgehead atoms. The minimum Gasteiger partial charge on any atom is -0.392 e. The maximum absolute atomic E-state index is 9.51. The summed E-state index contributed by atoms with van der Waals surface area (Å²) in [6.45, 7) is 1.73. The molecule has 0 saturated heterocycles. The van der Waals surface area contributed by atoms with Crippen LogP contribution in [-0.4, -0.2) is 21.1 Å². The molecule has 144 valence electrons. The number of nitriles is 2. The summed E-state index contributed by atoms with van der Waals surface area (Å²) in [5.74, 6) is 1.06. The van der Waals surface area contributed by atoms with Gasteiger partial charge >= 0.3 is 0 Å². The third kappa shape index (κ3) is 4.41. The minimum atomic E-state index is -0.191. The smallest absolute Gasteiger partial charge is 0.229 e. The van der Waals surface area contributed by atoms with Crippen molar-refractivity contribution in [3.63, 3.8) is 0 Å². The van der Waals surface area contributed by atoms with Crippen molar-refractivity contribution in [3.8, 4) is 12.1 Å². The van der Waals surface area contributed by atoms with Gasteiger partial charge in [0.15, 0.2) is 0 Å². The van der Waals surface area contributed by atoms with E-state index in [9.17, 15) is 15.6 Å². The summed E-state index contributed by atoms with van der Waals surface area (Å²) in [6, 6.07) is 8.00. The fourth-order valence-electron chi connectivity index (χ4n) is 3.36. The molecule has 1 aromatic heterocycles. The number of aliphatic hydroxyl groups excluding tert-OH is 1. The summed E-state index contributed by atoms with van der Waals surface area (Å²) >= 11 is 3.33. The fourth-order valence-corrected chi connectivity index (χ4v) is 3.81. The molecule has 0 unspecified atom stereocenters. The Balaban J connectivity index is 1.84. The second kappa shape index (κ2) is 9.01. The van der Waals surface area contributed by atoms with Gasteiger partial charge in [-0.2, -0.15) is 15.5 Å². The molecule has 3 rings (SSSR count). The number of hydrogen-bond donors (Lipinski definition) is 3. The van der Waals surface area contributed by atoms with Gasteiger partial charge in [0, 0.05) is 28.0 Å². The van der Waals surface area contributed by atoms with E-state index in [1.807, 2.05) is 6.92 Å². The highest BCUT2D eigenvalue weighted by molar-refractivity contribution is 9.10. The molecular weight excluding hydrogens is 420 g/mol. The number of aliphatic hydroxyl groups is 1. The van der Waals surface area contributed by atoms with Gasteiger partial charge in [0.05, 0.1) is 24.2 Å². The lowest BCUT2D eigenvalue weighted by molar-refractivity contribution is 0.281. The molecule has 28 heavy (non-hydrogen) atoms. The van der Waals surface area contributed by atoms with Gasteiger partial charge < -0.3 is 15.7 Å². The SMILES string of the molecule is Cc1cnc(Nc2cc(C#N)c(Br)c(CO)c2)nc1N[C@@H]1CCCC[C@H]1C#N. The van der Waals surface area contributed by atoms with Gasteiger partial charge in [0.1, 0.15) is 11.9 Å². The number of rotatable bonds is 5. The third-order valence-corrected chi connectivity index (χ3v) is 5.86. The molecule has 1 aliphatic carbocycles. The molecule has 0 amide bonds. The Morgan fingerprint density at radius 3 is 2.79 bits per heavy atom. The van der Waals surface area contributed by atoms with E-state index in [2.05, 4.69) is 48.7 Å². The average Bonchev–Trinajstić information content (AvgIpc) is 2.72. The molecule has 1 heterocycles. The van der Waals surface area contributed by atoms with Crippen LogP contribution in [0.15, 0.2) is 22.8 Å². The zero-order valence-corrected chi connectivity index (χ0v) is 17.1. The van der Waals surface area contributed by atoms with Crippen molar-refractivity contribution in [1.82, 2.24) is 9.97 Å². The van der Waals surface area contributed by atoms with Crippen LogP contribution in [0.2, 0.25) is 0 Å². The van der Waals surface area contributed by atoms with Gasteiger partial charge in [-0.05, 0) is 53.4 Å². The van der Waals surface area contributed by atoms with E-state index >= 15 is 0 Å². The van der Waals surface area contributed by atoms with Crippen molar-refractivity contribution in [2.45, 2.75) is 45.3 Å². The number of aromatic nitrogens is 2. The van der Waals surface area contributed by atoms with E-state index in [0.29, 0.717) is 33.1 Å². The lowest BCUT2D eigenvalue weighted by atomic mass is 9.85. The lowest BCUT2D eigenvalue weighted by Gasteiger charge is -2.28. The molecule has 2 atom stereocenters. The average molecular weight is 441 g/mol. The van der Waals surface area contributed by atoms with Crippen LogP contribution in [0.25, 0.3) is 0 Å². The monoisotopic (exact) mass is 440 g/mol. The van der Waals surface area contributed by atoms with Crippen molar-refractivity contribution in [3.05, 3.63) is 39.5 Å². The molecule has 1 fully saturated rings. The molecule has 3 N–H and O–H groups in total. The Hall–Kier alpha value is -2.68. The number of aryl methyl sites for hydroxylation is 1. The molecule has 2 aromatic rings. The van der Waals surface area contributed by atoms with Crippen LogP contribution in [0, 0.1) is 35.5 Å². The van der Waals surface area contributed by atoms with Gasteiger partial charge in [-0.25, -0.2) is 4.98 Å². The van der Waals surface area contributed by atoms with Crippen LogP contribution in [-0.2, 0) is 6.61 Å². The molecule has 1 aromatic carbocycles. The van der Waals surface area contributed by atoms with Crippen molar-refractivity contribution in [2.75, 3.05) is 10.6 Å². The van der Waals surface area contributed by atoms with Crippen molar-refractivity contribution < 1.29 is 5.11 Å². The largest absolute Gasteiger partial charge is 0.392 e. The van der Waals surface area contributed by atoms with Gasteiger partial charge in [-0.15, -0.1) is 0 Å². The van der Waals surface area contributed by atoms with Crippen molar-refractivity contribution in [2.24, 2.45) is 5.92 Å². The predicted octanol–water partition coefficient (Wildman–Crippen LogP) is 4.15. The van der Waals surface area contributed by atoms with E-state index < -0.39 is 0 Å². The first kappa shape index (κ1) is 20.1. The van der Waals surface area contributed by atoms with Crippen LogP contribution in [0.3, 0.4) is 0 Å². The molecule has 0 aliphatic heterocycles. The second-order valence-electron chi connectivity index (χ2n) is 6.89. The number of halogens is 1. The summed E-state index contributed by atoms with van der Waals surface area (Å²) < 4.78 is 0.579.